The molecular formula is C13H16N2O. The lowest BCUT2D eigenvalue weighted by atomic mass is 10.2. The van der Waals surface area contributed by atoms with Crippen LogP contribution < -0.4 is 5.32 Å². The van der Waals surface area contributed by atoms with Crippen molar-refractivity contribution in [2.45, 2.75) is 13.5 Å². The highest BCUT2D eigenvalue weighted by Crippen LogP contribution is 2.12. The molecule has 1 aromatic rings. The van der Waals surface area contributed by atoms with Crippen LogP contribution in [0.3, 0.4) is 0 Å². The number of carbonyl (C=O) groups excluding carboxylic acids is 1. The fourth-order valence-corrected chi connectivity index (χ4v) is 1.85. The molecule has 0 radical (unpaired) electrons. The summed E-state index contributed by atoms with van der Waals surface area (Å²) < 4.78 is 0. The predicted molar refractivity (Wildman–Crippen MR) is 63.6 cm³/mol. The molecule has 1 fully saturated rings. The number of benzene rings is 1. The Bertz CT molecular complexity index is 398. The summed E-state index contributed by atoms with van der Waals surface area (Å²) in [6, 6.07) is 10.3. The third kappa shape index (κ3) is 2.63. The lowest BCUT2D eigenvalue weighted by molar-refractivity contribution is -0.112. The second-order valence-electron chi connectivity index (χ2n) is 3.97. The van der Waals surface area contributed by atoms with Crippen LogP contribution in [-0.4, -0.2) is 23.8 Å². The molecule has 0 unspecified atom stereocenters. The first-order valence-electron chi connectivity index (χ1n) is 5.51. The van der Waals surface area contributed by atoms with Gasteiger partial charge in [0.1, 0.15) is 5.82 Å². The molecule has 0 aliphatic carbocycles. The number of hydrogen-bond acceptors (Lipinski definition) is 3. The van der Waals surface area contributed by atoms with E-state index in [1.807, 2.05) is 18.2 Å². The summed E-state index contributed by atoms with van der Waals surface area (Å²) >= 11 is 0. The number of hydrogen-bond donors (Lipinski definition) is 1. The van der Waals surface area contributed by atoms with Crippen LogP contribution in [0.15, 0.2) is 42.2 Å². The molecule has 2 rings (SSSR count). The molecule has 0 amide bonds. The minimum absolute atomic E-state index is 0.0856. The Balaban J connectivity index is 2.07. The van der Waals surface area contributed by atoms with Crippen molar-refractivity contribution in [3.05, 3.63) is 47.8 Å². The molecule has 0 bridgehead atoms. The number of ketones is 1. The quantitative estimate of drug-likeness (QED) is 0.778. The molecule has 0 saturated carbocycles. The summed E-state index contributed by atoms with van der Waals surface area (Å²) in [5.41, 5.74) is 1.26. The van der Waals surface area contributed by atoms with Crippen molar-refractivity contribution in [2.24, 2.45) is 0 Å². The van der Waals surface area contributed by atoms with Crippen molar-refractivity contribution in [1.29, 1.82) is 0 Å². The molecule has 0 aromatic heterocycles. The highest BCUT2D eigenvalue weighted by atomic mass is 16.1. The van der Waals surface area contributed by atoms with E-state index in [1.54, 1.807) is 13.0 Å². The second kappa shape index (κ2) is 4.84. The van der Waals surface area contributed by atoms with Gasteiger partial charge in [-0.2, -0.15) is 0 Å². The molecule has 3 nitrogen and oxygen atoms in total. The maximum absolute atomic E-state index is 11.1. The standard InChI is InChI=1S/C13H16N2O/c1-11(16)9-13-14-7-8-15(13)10-12-5-3-2-4-6-12/h2-6,9,14H,7-8,10H2,1H3. The van der Waals surface area contributed by atoms with Crippen molar-refractivity contribution in [3.8, 4) is 0 Å². The van der Waals surface area contributed by atoms with E-state index in [1.165, 1.54) is 5.56 Å². The Hall–Kier alpha value is -1.77. The van der Waals surface area contributed by atoms with Gasteiger partial charge in [-0.1, -0.05) is 30.3 Å². The zero-order valence-corrected chi connectivity index (χ0v) is 9.44. The van der Waals surface area contributed by atoms with Crippen LogP contribution in [-0.2, 0) is 11.3 Å². The normalized spacial score (nSPS) is 17.6. The van der Waals surface area contributed by atoms with E-state index >= 15 is 0 Å². The Labute approximate surface area is 95.8 Å². The van der Waals surface area contributed by atoms with E-state index in [9.17, 15) is 4.79 Å². The van der Waals surface area contributed by atoms with Crippen molar-refractivity contribution >= 4 is 5.78 Å². The largest absolute Gasteiger partial charge is 0.370 e. The number of nitrogens with one attached hydrogen (secondary N) is 1. The van der Waals surface area contributed by atoms with E-state index in [0.29, 0.717) is 0 Å². The molecule has 1 N–H and O–H groups in total. The number of allylic oxidation sites excluding steroid dienone is 1. The predicted octanol–water partition coefficient (Wildman–Crippen LogP) is 1.52. The zero-order valence-electron chi connectivity index (χ0n) is 9.44. The smallest absolute Gasteiger partial charge is 0.156 e. The lowest BCUT2D eigenvalue weighted by Gasteiger charge is -2.18. The molecule has 1 saturated heterocycles. The van der Waals surface area contributed by atoms with Gasteiger partial charge < -0.3 is 10.2 Å². The van der Waals surface area contributed by atoms with Gasteiger partial charge in [-0.3, -0.25) is 4.79 Å². The maximum Gasteiger partial charge on any atom is 0.156 e. The van der Waals surface area contributed by atoms with Crippen LogP contribution in [0.4, 0.5) is 0 Å². The van der Waals surface area contributed by atoms with Crippen LogP contribution in [0.2, 0.25) is 0 Å². The van der Waals surface area contributed by atoms with Crippen molar-refractivity contribution in [3.63, 3.8) is 0 Å². The van der Waals surface area contributed by atoms with Gasteiger partial charge in [-0.25, -0.2) is 0 Å². The summed E-state index contributed by atoms with van der Waals surface area (Å²) in [7, 11) is 0. The second-order valence-corrected chi connectivity index (χ2v) is 3.97. The number of rotatable bonds is 3. The van der Waals surface area contributed by atoms with Gasteiger partial charge in [-0.05, 0) is 12.5 Å². The molecule has 84 valence electrons. The minimum atomic E-state index is 0.0856. The molecule has 0 spiro atoms. The van der Waals surface area contributed by atoms with Gasteiger partial charge in [-0.15, -0.1) is 0 Å². The number of carbonyl (C=O) groups is 1. The van der Waals surface area contributed by atoms with Crippen molar-refractivity contribution in [2.75, 3.05) is 13.1 Å². The van der Waals surface area contributed by atoms with Crippen molar-refractivity contribution < 1.29 is 4.79 Å². The Morgan fingerprint density at radius 3 is 2.88 bits per heavy atom. The van der Waals surface area contributed by atoms with Gasteiger partial charge in [0.2, 0.25) is 0 Å². The molecular weight excluding hydrogens is 200 g/mol. The summed E-state index contributed by atoms with van der Waals surface area (Å²) in [5.74, 6) is 1.03. The minimum Gasteiger partial charge on any atom is -0.370 e. The molecule has 3 heteroatoms. The first-order valence-corrected chi connectivity index (χ1v) is 5.51. The van der Waals surface area contributed by atoms with Crippen molar-refractivity contribution in [1.82, 2.24) is 10.2 Å². The van der Waals surface area contributed by atoms with Crippen LogP contribution in [0, 0.1) is 0 Å². The highest BCUT2D eigenvalue weighted by Gasteiger charge is 2.16. The Morgan fingerprint density at radius 1 is 1.44 bits per heavy atom. The third-order valence-corrected chi connectivity index (χ3v) is 2.58. The third-order valence-electron chi connectivity index (χ3n) is 2.58. The number of nitrogens with zero attached hydrogens (tertiary/aromatic N) is 1. The van der Waals surface area contributed by atoms with Crippen LogP contribution in [0.5, 0.6) is 0 Å². The summed E-state index contributed by atoms with van der Waals surface area (Å²) in [6.07, 6.45) is 1.66. The summed E-state index contributed by atoms with van der Waals surface area (Å²) in [5, 5.41) is 3.22. The lowest BCUT2D eigenvalue weighted by Crippen LogP contribution is -2.20. The molecule has 16 heavy (non-hydrogen) atoms. The van der Waals surface area contributed by atoms with E-state index in [4.69, 9.17) is 0 Å². The Kier molecular flexibility index (Phi) is 3.25. The van der Waals surface area contributed by atoms with Crippen LogP contribution in [0.25, 0.3) is 0 Å². The SMILES string of the molecule is CC(=O)C=C1NCCN1Cc1ccccc1. The maximum atomic E-state index is 11.1. The van der Waals surface area contributed by atoms with Gasteiger partial charge >= 0.3 is 0 Å². The first-order chi connectivity index (χ1) is 7.75. The molecule has 1 aliphatic rings. The molecule has 1 aromatic carbocycles. The monoisotopic (exact) mass is 216 g/mol. The van der Waals surface area contributed by atoms with Gasteiger partial charge in [0.15, 0.2) is 5.78 Å². The fraction of sp³-hybridized carbons (Fsp3) is 0.308. The summed E-state index contributed by atoms with van der Waals surface area (Å²) in [4.78, 5) is 13.2. The fourth-order valence-electron chi connectivity index (χ4n) is 1.85. The van der Waals surface area contributed by atoms with Crippen LogP contribution >= 0.6 is 0 Å². The average molecular weight is 216 g/mol. The molecule has 1 aliphatic heterocycles. The van der Waals surface area contributed by atoms with E-state index in [-0.39, 0.29) is 5.78 Å². The van der Waals surface area contributed by atoms with E-state index < -0.39 is 0 Å². The van der Waals surface area contributed by atoms with Crippen LogP contribution in [0.1, 0.15) is 12.5 Å². The molecule has 1 heterocycles. The Morgan fingerprint density at radius 2 is 2.19 bits per heavy atom. The van der Waals surface area contributed by atoms with Gasteiger partial charge in [0.05, 0.1) is 0 Å². The van der Waals surface area contributed by atoms with E-state index in [0.717, 1.165) is 25.5 Å². The average Bonchev–Trinajstić information content (AvgIpc) is 2.66. The van der Waals surface area contributed by atoms with E-state index in [2.05, 4.69) is 22.3 Å². The topological polar surface area (TPSA) is 32.3 Å². The molecule has 0 atom stereocenters. The first kappa shape index (κ1) is 10.7. The van der Waals surface area contributed by atoms with Gasteiger partial charge in [0.25, 0.3) is 0 Å². The zero-order chi connectivity index (χ0) is 11.4. The highest BCUT2D eigenvalue weighted by molar-refractivity contribution is 5.87. The summed E-state index contributed by atoms with van der Waals surface area (Å²) in [6.45, 7) is 4.29. The van der Waals surface area contributed by atoms with Gasteiger partial charge in [0, 0.05) is 25.7 Å².